The van der Waals surface area contributed by atoms with Crippen LogP contribution in [0.4, 0.5) is 0 Å². The van der Waals surface area contributed by atoms with Gasteiger partial charge in [0.2, 0.25) is 0 Å². The lowest BCUT2D eigenvalue weighted by molar-refractivity contribution is -0.299. The van der Waals surface area contributed by atoms with Crippen molar-refractivity contribution in [2.45, 2.75) is 198 Å². The van der Waals surface area contributed by atoms with Gasteiger partial charge in [0.1, 0.15) is 12.2 Å². The molecule has 1 rings (SSSR count). The maximum absolute atomic E-state index is 13.6. The van der Waals surface area contributed by atoms with Crippen LogP contribution in [0.15, 0.2) is 0 Å². The third-order valence-corrected chi connectivity index (χ3v) is 30.3. The summed E-state index contributed by atoms with van der Waals surface area (Å²) < 4.78 is 46.8. The molecule has 286 valence electrons. The Labute approximate surface area is 299 Å². The zero-order valence-electron chi connectivity index (χ0n) is 35.1. The number of ether oxygens (including phenoxy) is 3. The summed E-state index contributed by atoms with van der Waals surface area (Å²) in [6.45, 7) is 44.7. The first-order valence-corrected chi connectivity index (χ1v) is 29.4. The van der Waals surface area contributed by atoms with Crippen molar-refractivity contribution in [3.05, 3.63) is 0 Å². The summed E-state index contributed by atoms with van der Waals surface area (Å²) in [4.78, 5) is 13.6. The molecule has 0 radical (unpaired) electrons. The van der Waals surface area contributed by atoms with Crippen LogP contribution in [0.2, 0.25) is 72.5 Å². The largest absolute Gasteiger partial charge is 0.465 e. The Balaban J connectivity index is 4.12. The average Bonchev–Trinajstić information content (AvgIpc) is 2.87. The molecular formula is C35H77NO8Si4. The van der Waals surface area contributed by atoms with Crippen molar-refractivity contribution in [3.8, 4) is 0 Å². The lowest BCUT2D eigenvalue weighted by Gasteiger charge is -2.53. The van der Waals surface area contributed by atoms with Crippen molar-refractivity contribution in [1.29, 1.82) is 0 Å². The highest BCUT2D eigenvalue weighted by atomic mass is 28.4. The second-order valence-electron chi connectivity index (χ2n) is 20.1. The van der Waals surface area contributed by atoms with Crippen molar-refractivity contribution in [2.75, 3.05) is 20.8 Å². The minimum absolute atomic E-state index is 0.0137. The molecule has 0 amide bonds. The molecular weight excluding hydrogens is 675 g/mol. The van der Waals surface area contributed by atoms with E-state index in [2.05, 4.69) is 135 Å². The van der Waals surface area contributed by atoms with Gasteiger partial charge in [0.25, 0.3) is 5.79 Å². The number of hydrogen-bond donors (Lipinski definition) is 1. The van der Waals surface area contributed by atoms with Crippen LogP contribution in [-0.2, 0) is 36.7 Å². The summed E-state index contributed by atoms with van der Waals surface area (Å²) in [5.41, 5.74) is 7.28. The molecule has 1 unspecified atom stereocenters. The van der Waals surface area contributed by atoms with Gasteiger partial charge in [-0.15, -0.1) is 0 Å². The SMILES string of the molecule is COC(=O)C1(OC)C[C@H](O[Si](C)(C)C(C)(C)C)[C@@H](N)[C@H]([C@H](O[Si](C)(C)C(C)(C)C)[C@@H](CO[Si](C)(C)C(C)(C)C)O[Si](C)(C)C(C)(C)C)O1. The summed E-state index contributed by atoms with van der Waals surface area (Å²) in [7, 11) is -6.67. The normalized spacial score (nSPS) is 25.5. The first-order chi connectivity index (χ1) is 21.0. The van der Waals surface area contributed by atoms with Crippen LogP contribution in [0.1, 0.15) is 89.5 Å². The van der Waals surface area contributed by atoms with E-state index in [0.29, 0.717) is 6.61 Å². The van der Waals surface area contributed by atoms with Crippen molar-refractivity contribution < 1.29 is 36.7 Å². The maximum Gasteiger partial charge on any atom is 0.366 e. The molecule has 6 atom stereocenters. The Bertz CT molecular complexity index is 1070. The molecule has 13 heteroatoms. The van der Waals surface area contributed by atoms with Crippen LogP contribution in [0.5, 0.6) is 0 Å². The van der Waals surface area contributed by atoms with E-state index in [9.17, 15) is 4.79 Å². The van der Waals surface area contributed by atoms with Gasteiger partial charge in [-0.1, -0.05) is 83.1 Å². The van der Waals surface area contributed by atoms with Gasteiger partial charge in [0.15, 0.2) is 33.3 Å². The first kappa shape index (κ1) is 46.1. The second kappa shape index (κ2) is 15.2. The summed E-state index contributed by atoms with van der Waals surface area (Å²) in [5, 5.41) is -0.330. The number of rotatable bonds is 13. The predicted molar refractivity (Wildman–Crippen MR) is 209 cm³/mol. The van der Waals surface area contributed by atoms with E-state index in [1.165, 1.54) is 14.2 Å². The summed E-state index contributed by atoms with van der Waals surface area (Å²) in [6, 6.07) is -0.653. The number of methoxy groups -OCH3 is 2. The highest BCUT2D eigenvalue weighted by Gasteiger charge is 2.59. The topological polar surface area (TPSA) is 108 Å². The highest BCUT2D eigenvalue weighted by Crippen LogP contribution is 2.46. The second-order valence-corrected chi connectivity index (χ2v) is 39.1. The van der Waals surface area contributed by atoms with Crippen LogP contribution < -0.4 is 5.73 Å². The Hall–Kier alpha value is 0.0575. The molecule has 0 aliphatic carbocycles. The molecule has 0 saturated carbocycles. The smallest absolute Gasteiger partial charge is 0.366 e. The number of hydrogen-bond acceptors (Lipinski definition) is 9. The Morgan fingerprint density at radius 1 is 0.729 bits per heavy atom. The van der Waals surface area contributed by atoms with Gasteiger partial charge >= 0.3 is 5.97 Å². The van der Waals surface area contributed by atoms with Gasteiger partial charge in [0, 0.05) is 13.5 Å². The third kappa shape index (κ3) is 10.6. The van der Waals surface area contributed by atoms with Crippen molar-refractivity contribution in [2.24, 2.45) is 5.73 Å². The predicted octanol–water partition coefficient (Wildman–Crippen LogP) is 8.81. The molecule has 1 fully saturated rings. The third-order valence-electron chi connectivity index (χ3n) is 12.3. The quantitative estimate of drug-likeness (QED) is 0.146. The number of carbonyl (C=O) groups excluding carboxylic acids is 1. The van der Waals surface area contributed by atoms with E-state index < -0.39 is 75.5 Å². The number of carbonyl (C=O) groups is 1. The number of esters is 1. The minimum atomic E-state index is -2.50. The fourth-order valence-corrected chi connectivity index (χ4v) is 9.55. The maximum atomic E-state index is 13.6. The molecule has 0 bridgehead atoms. The van der Waals surface area contributed by atoms with E-state index in [0.717, 1.165) is 0 Å². The van der Waals surface area contributed by atoms with E-state index in [4.69, 9.17) is 37.6 Å². The molecule has 1 saturated heterocycles. The molecule has 2 N–H and O–H groups in total. The van der Waals surface area contributed by atoms with Gasteiger partial charge in [0.05, 0.1) is 32.0 Å². The average molecular weight is 752 g/mol. The minimum Gasteiger partial charge on any atom is -0.465 e. The van der Waals surface area contributed by atoms with E-state index in [-0.39, 0.29) is 26.6 Å². The molecule has 0 spiro atoms. The monoisotopic (exact) mass is 751 g/mol. The van der Waals surface area contributed by atoms with Gasteiger partial charge in [-0.25, -0.2) is 4.79 Å². The van der Waals surface area contributed by atoms with E-state index in [1.54, 1.807) is 0 Å². The van der Waals surface area contributed by atoms with Gasteiger partial charge in [-0.2, -0.15) is 0 Å². The van der Waals surface area contributed by atoms with Crippen molar-refractivity contribution >= 4 is 39.2 Å². The highest BCUT2D eigenvalue weighted by molar-refractivity contribution is 6.75. The zero-order chi connectivity index (χ0) is 38.3. The molecule has 9 nitrogen and oxygen atoms in total. The molecule has 0 aromatic rings. The fourth-order valence-electron chi connectivity index (χ4n) is 4.55. The summed E-state index contributed by atoms with van der Waals surface area (Å²) >= 11 is 0. The van der Waals surface area contributed by atoms with Crippen molar-refractivity contribution in [3.63, 3.8) is 0 Å². The van der Waals surface area contributed by atoms with Gasteiger partial charge < -0.3 is 37.6 Å². The summed E-state index contributed by atoms with van der Waals surface area (Å²) in [5.74, 6) is -2.37. The molecule has 1 aliphatic heterocycles. The first-order valence-electron chi connectivity index (χ1n) is 17.8. The van der Waals surface area contributed by atoms with Crippen LogP contribution >= 0.6 is 0 Å². The Kier molecular flexibility index (Phi) is 14.6. The lowest BCUT2D eigenvalue weighted by atomic mass is 9.89. The van der Waals surface area contributed by atoms with Crippen LogP contribution in [0.25, 0.3) is 0 Å². The lowest BCUT2D eigenvalue weighted by Crippen LogP contribution is -2.70. The zero-order valence-corrected chi connectivity index (χ0v) is 39.1. The van der Waals surface area contributed by atoms with Crippen molar-refractivity contribution in [1.82, 2.24) is 0 Å². The molecule has 1 aliphatic rings. The standard InChI is InChI=1S/C35H77NO8Si4/c1-31(2,3)45(15,16)40-24-26(43-47(19,20)33(7,8)9)28(44-48(21,22)34(10,11)12)29-27(36)25(42-46(17,18)32(4,5)6)23-35(39-14,41-29)30(37)38-13/h25-29H,23-24,36H2,1-22H3/t25-,26+,27+,28+,29+,35?/m0/s1. The van der Waals surface area contributed by atoms with E-state index in [1.807, 2.05) is 0 Å². The van der Waals surface area contributed by atoms with Crippen LogP contribution in [0, 0.1) is 0 Å². The fraction of sp³-hybridized carbons (Fsp3) is 0.971. The van der Waals surface area contributed by atoms with E-state index >= 15 is 0 Å². The molecule has 1 heterocycles. The molecule has 48 heavy (non-hydrogen) atoms. The Morgan fingerprint density at radius 3 is 1.52 bits per heavy atom. The summed E-state index contributed by atoms with van der Waals surface area (Å²) in [6.07, 6.45) is -2.53. The number of nitrogens with two attached hydrogens (primary N) is 1. The molecule has 0 aromatic heterocycles. The van der Waals surface area contributed by atoms with Crippen LogP contribution in [0.3, 0.4) is 0 Å². The van der Waals surface area contributed by atoms with Gasteiger partial charge in [-0.05, 0) is 72.5 Å². The van der Waals surface area contributed by atoms with Crippen LogP contribution in [-0.4, -0.2) is 96.3 Å². The Morgan fingerprint density at radius 2 is 1.15 bits per heavy atom. The van der Waals surface area contributed by atoms with Gasteiger partial charge in [-0.3, -0.25) is 0 Å². The molecule has 0 aromatic carbocycles.